The van der Waals surface area contributed by atoms with Crippen LogP contribution in [0.3, 0.4) is 0 Å². The van der Waals surface area contributed by atoms with E-state index in [-0.39, 0.29) is 24.7 Å². The molecule has 0 aliphatic carbocycles. The minimum absolute atomic E-state index is 0.0733. The fraction of sp³-hybridized carbons (Fsp3) is 0.652. The molecule has 3 amide bonds. The van der Waals surface area contributed by atoms with Crippen molar-refractivity contribution in [2.24, 2.45) is 0 Å². The molecule has 0 saturated carbocycles. The summed E-state index contributed by atoms with van der Waals surface area (Å²) < 4.78 is 10.7. The molecule has 1 aromatic carbocycles. The lowest BCUT2D eigenvalue weighted by atomic mass is 10.0. The summed E-state index contributed by atoms with van der Waals surface area (Å²) >= 11 is 0. The highest BCUT2D eigenvalue weighted by molar-refractivity contribution is 5.75. The van der Waals surface area contributed by atoms with Crippen molar-refractivity contribution in [2.75, 3.05) is 19.8 Å². The zero-order valence-electron chi connectivity index (χ0n) is 19.3. The van der Waals surface area contributed by atoms with Crippen molar-refractivity contribution < 1.29 is 24.2 Å². The van der Waals surface area contributed by atoms with Crippen molar-refractivity contribution in [2.45, 2.75) is 77.3 Å². The number of hydrogen-bond acceptors (Lipinski definition) is 5. The van der Waals surface area contributed by atoms with E-state index in [4.69, 9.17) is 9.47 Å². The van der Waals surface area contributed by atoms with Crippen LogP contribution in [0.25, 0.3) is 0 Å². The largest absolute Gasteiger partial charge is 0.444 e. The van der Waals surface area contributed by atoms with Crippen molar-refractivity contribution in [1.29, 1.82) is 0 Å². The monoisotopic (exact) mass is 435 g/mol. The molecule has 1 heterocycles. The normalized spacial score (nSPS) is 18.4. The highest BCUT2D eigenvalue weighted by Gasteiger charge is 2.30. The molecule has 3 atom stereocenters. The third-order valence-electron chi connectivity index (χ3n) is 4.98. The first kappa shape index (κ1) is 24.9. The molecule has 2 rings (SSSR count). The first-order chi connectivity index (χ1) is 14.5. The number of nitrogens with zero attached hydrogens (tertiary/aromatic N) is 1. The summed E-state index contributed by atoms with van der Waals surface area (Å²) in [5, 5.41) is 16.8. The molecule has 0 unspecified atom stereocenters. The molecule has 0 bridgehead atoms. The Morgan fingerprint density at radius 2 is 1.94 bits per heavy atom. The van der Waals surface area contributed by atoms with Gasteiger partial charge in [0.15, 0.2) is 0 Å². The molecule has 1 fully saturated rings. The summed E-state index contributed by atoms with van der Waals surface area (Å²) in [7, 11) is 0. The van der Waals surface area contributed by atoms with Crippen molar-refractivity contribution >= 4 is 12.1 Å². The number of amides is 3. The summed E-state index contributed by atoms with van der Waals surface area (Å²) in [6, 6.07) is 8.58. The van der Waals surface area contributed by atoms with Crippen LogP contribution in [-0.4, -0.2) is 71.7 Å². The Kier molecular flexibility index (Phi) is 9.13. The molecule has 1 saturated heterocycles. The van der Waals surface area contributed by atoms with Gasteiger partial charge in [0.05, 0.1) is 31.9 Å². The molecule has 174 valence electrons. The molecule has 3 N–H and O–H groups in total. The zero-order valence-corrected chi connectivity index (χ0v) is 19.3. The Labute approximate surface area is 185 Å². The molecule has 0 aromatic heterocycles. The maximum Gasteiger partial charge on any atom is 0.407 e. The number of carbonyl (C=O) groups excluding carboxylic acids is 2. The lowest BCUT2D eigenvalue weighted by Gasteiger charge is -2.34. The molecule has 1 aliphatic rings. The number of carbonyl (C=O) groups is 2. The van der Waals surface area contributed by atoms with Gasteiger partial charge in [-0.15, -0.1) is 0 Å². The number of ether oxygens (including phenoxy) is 2. The van der Waals surface area contributed by atoms with Gasteiger partial charge in [0.2, 0.25) is 0 Å². The van der Waals surface area contributed by atoms with Crippen molar-refractivity contribution in [3.8, 4) is 0 Å². The number of alkyl carbamates (subject to hydrolysis) is 1. The number of aliphatic hydroxyl groups excluding tert-OH is 1. The number of benzene rings is 1. The third-order valence-corrected chi connectivity index (χ3v) is 4.98. The zero-order chi connectivity index (χ0) is 23.0. The van der Waals surface area contributed by atoms with Gasteiger partial charge in [-0.05, 0) is 46.6 Å². The van der Waals surface area contributed by atoms with Crippen LogP contribution in [-0.2, 0) is 15.9 Å². The van der Waals surface area contributed by atoms with Crippen molar-refractivity contribution in [3.63, 3.8) is 0 Å². The highest BCUT2D eigenvalue weighted by atomic mass is 16.6. The second-order valence-corrected chi connectivity index (χ2v) is 9.33. The minimum atomic E-state index is -0.985. The summed E-state index contributed by atoms with van der Waals surface area (Å²) in [5.41, 5.74) is 0.565. The molecular formula is C23H37N3O5. The van der Waals surface area contributed by atoms with Gasteiger partial charge >= 0.3 is 12.1 Å². The Morgan fingerprint density at radius 1 is 1.26 bits per heavy atom. The lowest BCUT2D eigenvalue weighted by molar-refractivity contribution is 0.0572. The van der Waals surface area contributed by atoms with Crippen LogP contribution in [0.2, 0.25) is 0 Å². The number of nitrogens with one attached hydrogen (secondary N) is 2. The van der Waals surface area contributed by atoms with Gasteiger partial charge in [-0.3, -0.25) is 0 Å². The predicted octanol–water partition coefficient (Wildman–Crippen LogP) is 2.69. The first-order valence-corrected chi connectivity index (χ1v) is 10.9. The summed E-state index contributed by atoms with van der Waals surface area (Å²) in [6.07, 6.45) is -0.788. The Hall–Kier alpha value is -2.32. The van der Waals surface area contributed by atoms with E-state index in [0.29, 0.717) is 26.1 Å². The average molecular weight is 436 g/mol. The van der Waals surface area contributed by atoms with Crippen LogP contribution in [0.4, 0.5) is 9.59 Å². The fourth-order valence-corrected chi connectivity index (χ4v) is 3.34. The van der Waals surface area contributed by atoms with E-state index in [2.05, 4.69) is 10.6 Å². The van der Waals surface area contributed by atoms with Crippen LogP contribution >= 0.6 is 0 Å². The van der Waals surface area contributed by atoms with Crippen LogP contribution in [0.15, 0.2) is 30.3 Å². The molecule has 8 nitrogen and oxygen atoms in total. The molecule has 0 radical (unpaired) electrons. The minimum Gasteiger partial charge on any atom is -0.444 e. The van der Waals surface area contributed by atoms with Gasteiger partial charge in [-0.25, -0.2) is 9.59 Å². The standard InChI is InChI=1S/C23H37N3O5/c1-16(2)26(21(28)25-23(3,4)5)14-20(27)19(13-17-9-7-6-8-10-17)24-22(29)31-18-11-12-30-15-18/h6-10,16,18-20,27H,11-15H2,1-5H3,(H,24,29)(H,25,28)/t18-,19-,20+/m0/s1. The van der Waals surface area contributed by atoms with Crippen LogP contribution in [0.5, 0.6) is 0 Å². The van der Waals surface area contributed by atoms with E-state index >= 15 is 0 Å². The Morgan fingerprint density at radius 3 is 2.48 bits per heavy atom. The third kappa shape index (κ3) is 8.75. The molecule has 8 heteroatoms. The summed E-state index contributed by atoms with van der Waals surface area (Å²) in [5.74, 6) is 0. The Balaban J connectivity index is 2.09. The summed E-state index contributed by atoms with van der Waals surface area (Å²) in [6.45, 7) is 10.5. The van der Waals surface area contributed by atoms with Crippen molar-refractivity contribution in [3.05, 3.63) is 35.9 Å². The highest BCUT2D eigenvalue weighted by Crippen LogP contribution is 2.13. The number of aliphatic hydroxyl groups is 1. The van der Waals surface area contributed by atoms with Crippen LogP contribution < -0.4 is 10.6 Å². The average Bonchev–Trinajstić information content (AvgIpc) is 3.17. The molecule has 31 heavy (non-hydrogen) atoms. The predicted molar refractivity (Wildman–Crippen MR) is 119 cm³/mol. The molecular weight excluding hydrogens is 398 g/mol. The van der Waals surface area contributed by atoms with Gasteiger partial charge in [0.1, 0.15) is 6.10 Å². The van der Waals surface area contributed by atoms with E-state index in [0.717, 1.165) is 5.56 Å². The van der Waals surface area contributed by atoms with E-state index in [1.807, 2.05) is 65.0 Å². The van der Waals surface area contributed by atoms with Gasteiger partial charge < -0.3 is 30.1 Å². The fourth-order valence-electron chi connectivity index (χ4n) is 3.34. The smallest absolute Gasteiger partial charge is 0.407 e. The molecule has 0 spiro atoms. The van der Waals surface area contributed by atoms with E-state index in [1.165, 1.54) is 0 Å². The topological polar surface area (TPSA) is 100 Å². The van der Waals surface area contributed by atoms with Gasteiger partial charge in [-0.1, -0.05) is 30.3 Å². The second-order valence-electron chi connectivity index (χ2n) is 9.33. The van der Waals surface area contributed by atoms with E-state index < -0.39 is 23.8 Å². The number of hydrogen-bond donors (Lipinski definition) is 3. The van der Waals surface area contributed by atoms with Gasteiger partial charge in [0.25, 0.3) is 0 Å². The Bertz CT molecular complexity index is 699. The van der Waals surface area contributed by atoms with Gasteiger partial charge in [-0.2, -0.15) is 0 Å². The second kappa shape index (κ2) is 11.3. The van der Waals surface area contributed by atoms with Crippen LogP contribution in [0.1, 0.15) is 46.6 Å². The van der Waals surface area contributed by atoms with E-state index in [1.54, 1.807) is 4.90 Å². The quantitative estimate of drug-likeness (QED) is 0.583. The SMILES string of the molecule is CC(C)N(C[C@@H](O)[C@H](Cc1ccccc1)NC(=O)O[C@H]1CCOC1)C(=O)NC(C)(C)C. The lowest BCUT2D eigenvalue weighted by Crippen LogP contribution is -2.56. The van der Waals surface area contributed by atoms with Crippen LogP contribution in [0, 0.1) is 0 Å². The number of urea groups is 1. The number of rotatable bonds is 8. The van der Waals surface area contributed by atoms with Gasteiger partial charge in [0, 0.05) is 18.0 Å². The maximum atomic E-state index is 12.7. The first-order valence-electron chi connectivity index (χ1n) is 10.9. The maximum absolute atomic E-state index is 12.7. The molecule has 1 aliphatic heterocycles. The molecule has 1 aromatic rings. The van der Waals surface area contributed by atoms with E-state index in [9.17, 15) is 14.7 Å². The summed E-state index contributed by atoms with van der Waals surface area (Å²) in [4.78, 5) is 26.8. The van der Waals surface area contributed by atoms with Crippen molar-refractivity contribution in [1.82, 2.24) is 15.5 Å².